The van der Waals surface area contributed by atoms with Crippen molar-refractivity contribution in [1.82, 2.24) is 0 Å². The van der Waals surface area contributed by atoms with Crippen molar-refractivity contribution >= 4 is 10.1 Å². The van der Waals surface area contributed by atoms with E-state index in [1.165, 1.54) is 0 Å². The van der Waals surface area contributed by atoms with Crippen LogP contribution in [0.2, 0.25) is 0 Å². The summed E-state index contributed by atoms with van der Waals surface area (Å²) < 4.78 is 262. The minimum absolute atomic E-state index is 0. The summed E-state index contributed by atoms with van der Waals surface area (Å²) in [6.45, 7) is 0. The monoisotopic (exact) mass is 552 g/mol. The van der Waals surface area contributed by atoms with Gasteiger partial charge in [-0.15, -0.1) is 0 Å². The predicted octanol–water partition coefficient (Wildman–Crippen LogP) is 2.23. The Labute approximate surface area is 181 Å². The Hall–Kier alpha value is -0.753. The van der Waals surface area contributed by atoms with E-state index in [0.717, 1.165) is 0 Å². The van der Waals surface area contributed by atoms with Gasteiger partial charge in [-0.05, 0) is 0 Å². The molecular formula is C10H3F18LiO3S. The first kappa shape index (κ1) is 34.4. The molecule has 0 fully saturated rings. The minimum Gasteiger partial charge on any atom is -0.743 e. The zero-order chi connectivity index (χ0) is 26.8. The molecule has 1 unspecified atom stereocenters. The van der Waals surface area contributed by atoms with Crippen LogP contribution in [0.5, 0.6) is 0 Å². The van der Waals surface area contributed by atoms with E-state index in [2.05, 4.69) is 0 Å². The third-order valence-corrected chi connectivity index (χ3v) is 4.36. The SMILES string of the molecule is O=S(=O)([O-])C(F)(F)C(F)(F)C(F)(F)C(F)(F)C(F)(F)C(F)(F)C(F)(F)C(F)CC(F)(F)F.[Li+]. The van der Waals surface area contributed by atoms with Crippen molar-refractivity contribution < 1.29 is 111 Å². The molecule has 3 nitrogen and oxygen atoms in total. The summed E-state index contributed by atoms with van der Waals surface area (Å²) in [4.78, 5) is 0. The first-order valence-corrected chi connectivity index (χ1v) is 8.09. The maximum atomic E-state index is 13.3. The molecule has 23 heteroatoms. The molecule has 0 spiro atoms. The molecule has 0 saturated heterocycles. The van der Waals surface area contributed by atoms with Crippen molar-refractivity contribution in [3.05, 3.63) is 0 Å². The molecule has 0 N–H and O–H groups in total. The van der Waals surface area contributed by atoms with E-state index in [4.69, 9.17) is 0 Å². The van der Waals surface area contributed by atoms with E-state index in [1.54, 1.807) is 0 Å². The Morgan fingerprint density at radius 1 is 0.576 bits per heavy atom. The van der Waals surface area contributed by atoms with Crippen molar-refractivity contribution in [3.8, 4) is 0 Å². The average Bonchev–Trinajstić information content (AvgIpc) is 2.50. The van der Waals surface area contributed by atoms with Crippen LogP contribution >= 0.6 is 0 Å². The molecule has 0 saturated carbocycles. The standard InChI is InChI=1S/C10H4F18O3S.Li/c11-2(1-3(12,13)14)4(15,16)5(17,18)6(19,20)7(21,22)8(23,24)9(25,26)10(27,28)32(29,30)31;/h2H,1H2,(H,29,30,31);/q;+1/p-1. The quantitative estimate of drug-likeness (QED) is 0.251. The van der Waals surface area contributed by atoms with Gasteiger partial charge in [0.05, 0.1) is 6.42 Å². The van der Waals surface area contributed by atoms with Crippen molar-refractivity contribution in [2.24, 2.45) is 0 Å². The summed E-state index contributed by atoms with van der Waals surface area (Å²) in [6, 6.07) is 0. The molecule has 1 atom stereocenters. The van der Waals surface area contributed by atoms with E-state index in [1.807, 2.05) is 0 Å². The van der Waals surface area contributed by atoms with Crippen LogP contribution in [-0.2, 0) is 10.1 Å². The number of hydrogen-bond acceptors (Lipinski definition) is 3. The van der Waals surface area contributed by atoms with Crippen LogP contribution in [0, 0.1) is 0 Å². The Bertz CT molecular complexity index is 803. The molecule has 0 heterocycles. The molecule has 0 amide bonds. The van der Waals surface area contributed by atoms with Gasteiger partial charge in [0.2, 0.25) is 0 Å². The summed E-state index contributed by atoms with van der Waals surface area (Å²) in [7, 11) is -8.16. The summed E-state index contributed by atoms with van der Waals surface area (Å²) in [6.07, 6.45) is -15.6. The van der Waals surface area contributed by atoms with Gasteiger partial charge < -0.3 is 4.55 Å². The zero-order valence-corrected chi connectivity index (χ0v) is 15.5. The second-order valence-corrected chi connectivity index (χ2v) is 7.17. The van der Waals surface area contributed by atoms with E-state index < -0.39 is 69.7 Å². The minimum atomic E-state index is -8.87. The van der Waals surface area contributed by atoms with Gasteiger partial charge in [0.1, 0.15) is 0 Å². The van der Waals surface area contributed by atoms with Crippen LogP contribution in [0.1, 0.15) is 6.42 Å². The molecular weight excluding hydrogens is 549 g/mol. The van der Waals surface area contributed by atoms with Crippen molar-refractivity contribution in [2.75, 3.05) is 0 Å². The van der Waals surface area contributed by atoms with Crippen molar-refractivity contribution in [3.63, 3.8) is 0 Å². The molecule has 0 aromatic heterocycles. The van der Waals surface area contributed by atoms with Gasteiger partial charge >= 0.3 is 65.8 Å². The van der Waals surface area contributed by atoms with Gasteiger partial charge in [0, 0.05) is 0 Å². The third kappa shape index (κ3) is 4.98. The van der Waals surface area contributed by atoms with Gasteiger partial charge in [-0.25, -0.2) is 12.8 Å². The van der Waals surface area contributed by atoms with Gasteiger partial charge in [-0.2, -0.15) is 74.6 Å². The number of halogens is 18. The van der Waals surface area contributed by atoms with Gasteiger partial charge in [0.15, 0.2) is 16.3 Å². The molecule has 0 aliphatic rings. The number of hydrogen-bond donors (Lipinski definition) is 0. The van der Waals surface area contributed by atoms with Crippen LogP contribution in [0.25, 0.3) is 0 Å². The molecule has 0 aromatic rings. The second kappa shape index (κ2) is 8.72. The van der Waals surface area contributed by atoms with Crippen LogP contribution in [0.4, 0.5) is 79.0 Å². The van der Waals surface area contributed by atoms with Crippen LogP contribution in [-0.4, -0.2) is 66.1 Å². The Morgan fingerprint density at radius 2 is 0.848 bits per heavy atom. The van der Waals surface area contributed by atoms with Crippen LogP contribution in [0.3, 0.4) is 0 Å². The van der Waals surface area contributed by atoms with E-state index in [0.29, 0.717) is 0 Å². The first-order valence-electron chi connectivity index (χ1n) is 6.69. The van der Waals surface area contributed by atoms with Crippen LogP contribution in [0.15, 0.2) is 0 Å². The largest absolute Gasteiger partial charge is 1.00 e. The third-order valence-electron chi connectivity index (χ3n) is 3.48. The molecule has 0 bridgehead atoms. The fraction of sp³-hybridized carbons (Fsp3) is 1.00. The zero-order valence-electron chi connectivity index (χ0n) is 14.7. The molecule has 194 valence electrons. The number of alkyl halides is 18. The molecule has 0 rings (SSSR count). The normalized spacial score (nSPS) is 16.9. The Morgan fingerprint density at radius 3 is 1.12 bits per heavy atom. The fourth-order valence-corrected chi connectivity index (χ4v) is 2.11. The van der Waals surface area contributed by atoms with E-state index in [9.17, 15) is 92.0 Å². The van der Waals surface area contributed by atoms with E-state index in [-0.39, 0.29) is 18.9 Å². The van der Waals surface area contributed by atoms with Crippen molar-refractivity contribution in [1.29, 1.82) is 0 Å². The summed E-state index contributed by atoms with van der Waals surface area (Å²) in [5.74, 6) is -51.1. The molecule has 0 aliphatic heterocycles. The number of rotatable bonds is 9. The Balaban J connectivity index is 0. The predicted molar refractivity (Wildman–Crippen MR) is 59.9 cm³/mol. The molecule has 0 aromatic carbocycles. The Kier molecular flexibility index (Phi) is 9.10. The smallest absolute Gasteiger partial charge is 0.743 e. The second-order valence-electron chi connectivity index (χ2n) is 5.75. The summed E-state index contributed by atoms with van der Waals surface area (Å²) in [5, 5.41) is -7.96. The summed E-state index contributed by atoms with van der Waals surface area (Å²) >= 11 is 0. The van der Waals surface area contributed by atoms with Gasteiger partial charge in [0.25, 0.3) is 0 Å². The van der Waals surface area contributed by atoms with Crippen LogP contribution < -0.4 is 18.9 Å². The summed E-state index contributed by atoms with van der Waals surface area (Å²) in [5.41, 5.74) is 0. The van der Waals surface area contributed by atoms with Gasteiger partial charge in [-0.1, -0.05) is 0 Å². The molecule has 0 radical (unpaired) electrons. The fourth-order valence-electron chi connectivity index (χ4n) is 1.67. The molecule has 33 heavy (non-hydrogen) atoms. The van der Waals surface area contributed by atoms with E-state index >= 15 is 0 Å². The first-order chi connectivity index (χ1) is 13.4. The topological polar surface area (TPSA) is 57.2 Å². The van der Waals surface area contributed by atoms with Crippen molar-refractivity contribution in [2.45, 2.75) is 59.6 Å². The maximum absolute atomic E-state index is 13.3. The van der Waals surface area contributed by atoms with Gasteiger partial charge in [-0.3, -0.25) is 0 Å². The maximum Gasteiger partial charge on any atom is 1.00 e. The average molecular weight is 552 g/mol. The molecule has 0 aliphatic carbocycles.